The Bertz CT molecular complexity index is 324. The second-order valence-corrected chi connectivity index (χ2v) is 4.31. The average Bonchev–Trinajstić information content (AvgIpc) is 2.15. The third-order valence-electron chi connectivity index (χ3n) is 3.18. The molecule has 1 unspecified atom stereocenters. The number of carbonyl (C=O) groups is 1. The van der Waals surface area contributed by atoms with Crippen molar-refractivity contribution in [3.05, 3.63) is 35.9 Å². The van der Waals surface area contributed by atoms with E-state index in [-0.39, 0.29) is 5.41 Å². The standard InChI is InChI=1S/C12H14O/c1-12(2)10(8-11(12)13)9-6-4-3-5-7-9/h3-7,10H,8H2,1-2H3. The average molecular weight is 174 g/mol. The topological polar surface area (TPSA) is 17.1 Å². The number of Topliss-reactive ketones (excluding diaryl/α,β-unsaturated/α-hetero) is 1. The first-order valence-electron chi connectivity index (χ1n) is 4.70. The quantitative estimate of drug-likeness (QED) is 0.639. The first-order chi connectivity index (χ1) is 6.12. The summed E-state index contributed by atoms with van der Waals surface area (Å²) in [6.45, 7) is 4.08. The summed E-state index contributed by atoms with van der Waals surface area (Å²) in [7, 11) is 0. The third-order valence-corrected chi connectivity index (χ3v) is 3.18. The zero-order valence-electron chi connectivity index (χ0n) is 8.08. The maximum atomic E-state index is 11.3. The first kappa shape index (κ1) is 8.49. The largest absolute Gasteiger partial charge is 0.299 e. The Morgan fingerprint density at radius 1 is 1.23 bits per heavy atom. The van der Waals surface area contributed by atoms with Gasteiger partial charge in [0.2, 0.25) is 0 Å². The number of hydrogen-bond acceptors (Lipinski definition) is 1. The molecule has 1 heteroatoms. The van der Waals surface area contributed by atoms with Crippen molar-refractivity contribution in [3.8, 4) is 0 Å². The van der Waals surface area contributed by atoms with Crippen molar-refractivity contribution in [2.45, 2.75) is 26.2 Å². The molecule has 0 aromatic heterocycles. The van der Waals surface area contributed by atoms with Crippen LogP contribution in [0.5, 0.6) is 0 Å². The maximum absolute atomic E-state index is 11.3. The highest BCUT2D eigenvalue weighted by Gasteiger charge is 2.47. The van der Waals surface area contributed by atoms with Gasteiger partial charge in [-0.2, -0.15) is 0 Å². The van der Waals surface area contributed by atoms with Crippen LogP contribution in [0.15, 0.2) is 30.3 Å². The van der Waals surface area contributed by atoms with Crippen molar-refractivity contribution in [2.75, 3.05) is 0 Å². The van der Waals surface area contributed by atoms with Gasteiger partial charge in [-0.15, -0.1) is 0 Å². The summed E-state index contributed by atoms with van der Waals surface area (Å²) in [5, 5.41) is 0. The van der Waals surface area contributed by atoms with Crippen LogP contribution in [0.3, 0.4) is 0 Å². The molecule has 0 N–H and O–H groups in total. The van der Waals surface area contributed by atoms with E-state index in [0.717, 1.165) is 6.42 Å². The Kier molecular flexibility index (Phi) is 1.76. The molecule has 0 saturated heterocycles. The first-order valence-corrected chi connectivity index (χ1v) is 4.70. The van der Waals surface area contributed by atoms with E-state index in [9.17, 15) is 4.79 Å². The summed E-state index contributed by atoms with van der Waals surface area (Å²) < 4.78 is 0. The van der Waals surface area contributed by atoms with Gasteiger partial charge in [0, 0.05) is 17.8 Å². The molecule has 1 aliphatic carbocycles. The van der Waals surface area contributed by atoms with Crippen LogP contribution in [-0.2, 0) is 4.79 Å². The summed E-state index contributed by atoms with van der Waals surface area (Å²) in [5.41, 5.74) is 1.16. The van der Waals surface area contributed by atoms with Gasteiger partial charge in [0.05, 0.1) is 0 Å². The predicted octanol–water partition coefficient (Wildman–Crippen LogP) is 2.77. The van der Waals surface area contributed by atoms with E-state index in [4.69, 9.17) is 0 Å². The van der Waals surface area contributed by atoms with E-state index in [1.807, 2.05) is 32.0 Å². The minimum Gasteiger partial charge on any atom is -0.299 e. The van der Waals surface area contributed by atoms with Crippen molar-refractivity contribution >= 4 is 5.78 Å². The predicted molar refractivity (Wildman–Crippen MR) is 52.6 cm³/mol. The van der Waals surface area contributed by atoms with Crippen LogP contribution in [0.4, 0.5) is 0 Å². The molecule has 0 amide bonds. The molecule has 1 aromatic carbocycles. The summed E-state index contributed by atoms with van der Waals surface area (Å²) >= 11 is 0. The molecule has 0 heterocycles. The Hall–Kier alpha value is -1.11. The zero-order chi connectivity index (χ0) is 9.47. The van der Waals surface area contributed by atoms with Crippen LogP contribution in [0.25, 0.3) is 0 Å². The number of ketones is 1. The van der Waals surface area contributed by atoms with Gasteiger partial charge in [-0.05, 0) is 5.56 Å². The van der Waals surface area contributed by atoms with Gasteiger partial charge < -0.3 is 0 Å². The highest BCUT2D eigenvalue weighted by Crippen LogP contribution is 2.49. The van der Waals surface area contributed by atoms with E-state index in [2.05, 4.69) is 12.1 Å². The third kappa shape index (κ3) is 1.19. The summed E-state index contributed by atoms with van der Waals surface area (Å²) in [4.78, 5) is 11.3. The lowest BCUT2D eigenvalue weighted by atomic mass is 9.59. The molecule has 0 radical (unpaired) electrons. The monoisotopic (exact) mass is 174 g/mol. The lowest BCUT2D eigenvalue weighted by molar-refractivity contribution is -0.137. The van der Waals surface area contributed by atoms with Gasteiger partial charge in [-0.1, -0.05) is 44.2 Å². The molecular weight excluding hydrogens is 160 g/mol. The van der Waals surface area contributed by atoms with Gasteiger partial charge in [0.1, 0.15) is 5.78 Å². The van der Waals surface area contributed by atoms with Crippen molar-refractivity contribution in [3.63, 3.8) is 0 Å². The second-order valence-electron chi connectivity index (χ2n) is 4.31. The minimum atomic E-state index is -0.138. The molecule has 0 bridgehead atoms. The van der Waals surface area contributed by atoms with Gasteiger partial charge in [-0.25, -0.2) is 0 Å². The molecule has 1 fully saturated rings. The number of carbonyl (C=O) groups excluding carboxylic acids is 1. The maximum Gasteiger partial charge on any atom is 0.139 e. The molecule has 0 spiro atoms. The van der Waals surface area contributed by atoms with Gasteiger partial charge in [0.25, 0.3) is 0 Å². The Balaban J connectivity index is 2.27. The van der Waals surface area contributed by atoms with Gasteiger partial charge in [0.15, 0.2) is 0 Å². The smallest absolute Gasteiger partial charge is 0.139 e. The minimum absolute atomic E-state index is 0.138. The number of benzene rings is 1. The van der Waals surface area contributed by atoms with Crippen LogP contribution in [0, 0.1) is 5.41 Å². The van der Waals surface area contributed by atoms with Crippen LogP contribution in [0.1, 0.15) is 31.7 Å². The fourth-order valence-electron chi connectivity index (χ4n) is 1.99. The van der Waals surface area contributed by atoms with E-state index in [1.54, 1.807) is 0 Å². The molecule has 1 saturated carbocycles. The highest BCUT2D eigenvalue weighted by atomic mass is 16.1. The molecule has 1 aliphatic rings. The fourth-order valence-corrected chi connectivity index (χ4v) is 1.99. The lowest BCUT2D eigenvalue weighted by Gasteiger charge is -2.42. The van der Waals surface area contributed by atoms with Crippen molar-refractivity contribution < 1.29 is 4.79 Å². The highest BCUT2D eigenvalue weighted by molar-refractivity contribution is 5.92. The van der Waals surface area contributed by atoms with Crippen molar-refractivity contribution in [1.29, 1.82) is 0 Å². The van der Waals surface area contributed by atoms with Crippen LogP contribution in [0.2, 0.25) is 0 Å². The van der Waals surface area contributed by atoms with E-state index >= 15 is 0 Å². The number of hydrogen-bond donors (Lipinski definition) is 0. The zero-order valence-corrected chi connectivity index (χ0v) is 8.08. The van der Waals surface area contributed by atoms with Crippen molar-refractivity contribution in [2.24, 2.45) is 5.41 Å². The summed E-state index contributed by atoms with van der Waals surface area (Å²) in [6, 6.07) is 10.3. The van der Waals surface area contributed by atoms with Crippen LogP contribution in [-0.4, -0.2) is 5.78 Å². The molecular formula is C12H14O. The number of rotatable bonds is 1. The van der Waals surface area contributed by atoms with Gasteiger partial charge >= 0.3 is 0 Å². The van der Waals surface area contributed by atoms with Crippen LogP contribution < -0.4 is 0 Å². The fraction of sp³-hybridized carbons (Fsp3) is 0.417. The normalized spacial score (nSPS) is 25.4. The molecule has 1 atom stereocenters. The molecule has 0 aliphatic heterocycles. The summed E-state index contributed by atoms with van der Waals surface area (Å²) in [5.74, 6) is 0.822. The SMILES string of the molecule is CC1(C)C(=O)CC1c1ccccc1. The molecule has 2 rings (SSSR count). The Morgan fingerprint density at radius 2 is 1.85 bits per heavy atom. The molecule has 1 nitrogen and oxygen atoms in total. The van der Waals surface area contributed by atoms with Crippen LogP contribution >= 0.6 is 0 Å². The molecule has 13 heavy (non-hydrogen) atoms. The van der Waals surface area contributed by atoms with E-state index in [1.165, 1.54) is 5.56 Å². The summed E-state index contributed by atoms with van der Waals surface area (Å²) in [6.07, 6.45) is 0.719. The molecule has 68 valence electrons. The molecule has 1 aromatic rings. The Labute approximate surface area is 78.8 Å². The lowest BCUT2D eigenvalue weighted by Crippen LogP contribution is -2.43. The second kappa shape index (κ2) is 2.69. The van der Waals surface area contributed by atoms with E-state index < -0.39 is 0 Å². The van der Waals surface area contributed by atoms with E-state index in [0.29, 0.717) is 11.7 Å². The Morgan fingerprint density at radius 3 is 2.31 bits per heavy atom. The van der Waals surface area contributed by atoms with Crippen molar-refractivity contribution in [1.82, 2.24) is 0 Å². The van der Waals surface area contributed by atoms with Gasteiger partial charge in [-0.3, -0.25) is 4.79 Å².